The van der Waals surface area contributed by atoms with Crippen LogP contribution in [-0.2, 0) is 19.4 Å². The van der Waals surface area contributed by atoms with Crippen molar-refractivity contribution in [2.24, 2.45) is 4.99 Å². The van der Waals surface area contributed by atoms with Crippen molar-refractivity contribution in [3.63, 3.8) is 0 Å². The van der Waals surface area contributed by atoms with Gasteiger partial charge in [-0.2, -0.15) is 0 Å². The summed E-state index contributed by atoms with van der Waals surface area (Å²) in [5.74, 6) is 1.39. The number of rotatable bonds is 7. The SMILES string of the molecule is COc1cc2c(cc1OCc1ccccc1)C(Cc1ccc([N+](=O)[O-])cc1)=NCC2. The highest BCUT2D eigenvalue weighted by Gasteiger charge is 2.19. The predicted octanol–water partition coefficient (Wildman–Crippen LogP) is 4.77. The Kier molecular flexibility index (Phi) is 5.75. The van der Waals surface area contributed by atoms with E-state index in [4.69, 9.17) is 14.5 Å². The first kappa shape index (κ1) is 19.6. The molecule has 0 atom stereocenters. The molecule has 0 bridgehead atoms. The van der Waals surface area contributed by atoms with E-state index in [9.17, 15) is 10.1 Å². The molecule has 6 nitrogen and oxygen atoms in total. The molecule has 4 rings (SSSR count). The van der Waals surface area contributed by atoms with Crippen molar-refractivity contribution in [3.05, 3.63) is 99.1 Å². The molecule has 0 spiro atoms. The summed E-state index contributed by atoms with van der Waals surface area (Å²) in [6, 6.07) is 20.6. The molecule has 1 heterocycles. The van der Waals surface area contributed by atoms with Crippen LogP contribution in [0.4, 0.5) is 5.69 Å². The molecule has 0 radical (unpaired) electrons. The molecule has 0 aliphatic carbocycles. The Hall–Kier alpha value is -3.67. The molecule has 0 saturated heterocycles. The minimum atomic E-state index is -0.389. The molecule has 152 valence electrons. The number of non-ortho nitro benzene ring substituents is 1. The number of methoxy groups -OCH3 is 1. The zero-order valence-corrected chi connectivity index (χ0v) is 16.7. The Balaban J connectivity index is 1.59. The van der Waals surface area contributed by atoms with Crippen LogP contribution in [0.2, 0.25) is 0 Å². The van der Waals surface area contributed by atoms with Gasteiger partial charge in [0.25, 0.3) is 5.69 Å². The Morgan fingerprint density at radius 3 is 2.47 bits per heavy atom. The summed E-state index contributed by atoms with van der Waals surface area (Å²) in [6.45, 7) is 1.16. The summed E-state index contributed by atoms with van der Waals surface area (Å²) >= 11 is 0. The second-order valence-electron chi connectivity index (χ2n) is 7.11. The third-order valence-electron chi connectivity index (χ3n) is 5.14. The van der Waals surface area contributed by atoms with Crippen molar-refractivity contribution in [2.45, 2.75) is 19.4 Å². The van der Waals surface area contributed by atoms with Gasteiger partial charge in [0, 0.05) is 36.4 Å². The Bertz CT molecular complexity index is 1080. The Labute approximate surface area is 175 Å². The lowest BCUT2D eigenvalue weighted by atomic mass is 9.93. The van der Waals surface area contributed by atoms with E-state index in [0.717, 1.165) is 28.8 Å². The number of nitrogens with zero attached hydrogens (tertiary/aromatic N) is 2. The highest BCUT2D eigenvalue weighted by Crippen LogP contribution is 2.34. The van der Waals surface area contributed by atoms with Crippen molar-refractivity contribution >= 4 is 11.4 Å². The van der Waals surface area contributed by atoms with E-state index in [1.165, 1.54) is 17.7 Å². The lowest BCUT2D eigenvalue weighted by Crippen LogP contribution is -2.16. The van der Waals surface area contributed by atoms with E-state index in [2.05, 4.69) is 0 Å². The third-order valence-corrected chi connectivity index (χ3v) is 5.14. The second-order valence-corrected chi connectivity index (χ2v) is 7.11. The van der Waals surface area contributed by atoms with Gasteiger partial charge in [0.2, 0.25) is 0 Å². The first-order valence-electron chi connectivity index (χ1n) is 9.78. The minimum Gasteiger partial charge on any atom is -0.493 e. The molecule has 0 aromatic heterocycles. The van der Waals surface area contributed by atoms with Crippen LogP contribution in [0.25, 0.3) is 0 Å². The number of fused-ring (bicyclic) bond motifs is 1. The molecule has 1 aliphatic heterocycles. The molecule has 0 amide bonds. The van der Waals surface area contributed by atoms with Crippen LogP contribution >= 0.6 is 0 Å². The van der Waals surface area contributed by atoms with Gasteiger partial charge in [-0.3, -0.25) is 15.1 Å². The summed E-state index contributed by atoms with van der Waals surface area (Å²) in [6.07, 6.45) is 1.45. The van der Waals surface area contributed by atoms with Crippen LogP contribution in [0.15, 0.2) is 71.7 Å². The van der Waals surface area contributed by atoms with Gasteiger partial charge in [0.15, 0.2) is 11.5 Å². The Morgan fingerprint density at radius 2 is 1.77 bits per heavy atom. The van der Waals surface area contributed by atoms with Crippen molar-refractivity contribution in [3.8, 4) is 11.5 Å². The van der Waals surface area contributed by atoms with Gasteiger partial charge in [0.1, 0.15) is 6.61 Å². The molecular weight excluding hydrogens is 380 g/mol. The second kappa shape index (κ2) is 8.78. The molecule has 1 aliphatic rings. The van der Waals surface area contributed by atoms with E-state index in [1.807, 2.05) is 42.5 Å². The molecule has 3 aromatic rings. The van der Waals surface area contributed by atoms with Gasteiger partial charge < -0.3 is 9.47 Å². The molecule has 6 heteroatoms. The summed E-state index contributed by atoms with van der Waals surface area (Å²) < 4.78 is 11.6. The van der Waals surface area contributed by atoms with Crippen molar-refractivity contribution in [1.29, 1.82) is 0 Å². The van der Waals surface area contributed by atoms with Gasteiger partial charge in [0.05, 0.1) is 12.0 Å². The predicted molar refractivity (Wildman–Crippen MR) is 116 cm³/mol. The number of aliphatic imine (C=N–C) groups is 1. The maximum Gasteiger partial charge on any atom is 0.269 e. The fourth-order valence-corrected chi connectivity index (χ4v) is 3.56. The molecule has 0 N–H and O–H groups in total. The molecule has 3 aromatic carbocycles. The van der Waals surface area contributed by atoms with E-state index < -0.39 is 0 Å². The summed E-state index contributed by atoms with van der Waals surface area (Å²) in [5, 5.41) is 10.9. The fraction of sp³-hybridized carbons (Fsp3) is 0.208. The van der Waals surface area contributed by atoms with Crippen LogP contribution in [0.5, 0.6) is 11.5 Å². The van der Waals surface area contributed by atoms with E-state index in [1.54, 1.807) is 19.2 Å². The average molecular weight is 402 g/mol. The van der Waals surface area contributed by atoms with Gasteiger partial charge in [-0.05, 0) is 35.2 Å². The fourth-order valence-electron chi connectivity index (χ4n) is 3.56. The lowest BCUT2D eigenvalue weighted by molar-refractivity contribution is -0.384. The maximum absolute atomic E-state index is 10.9. The van der Waals surface area contributed by atoms with Crippen molar-refractivity contribution in [1.82, 2.24) is 0 Å². The first-order chi connectivity index (χ1) is 14.6. The van der Waals surface area contributed by atoms with Crippen LogP contribution in [0.3, 0.4) is 0 Å². The van der Waals surface area contributed by atoms with Crippen LogP contribution in [0.1, 0.15) is 22.3 Å². The topological polar surface area (TPSA) is 74.0 Å². The van der Waals surface area contributed by atoms with Crippen molar-refractivity contribution in [2.75, 3.05) is 13.7 Å². The first-order valence-corrected chi connectivity index (χ1v) is 9.78. The van der Waals surface area contributed by atoms with Gasteiger partial charge in [-0.15, -0.1) is 0 Å². The Morgan fingerprint density at radius 1 is 1.00 bits per heavy atom. The highest BCUT2D eigenvalue weighted by molar-refractivity contribution is 6.04. The van der Waals surface area contributed by atoms with Gasteiger partial charge in [-0.1, -0.05) is 42.5 Å². The van der Waals surface area contributed by atoms with E-state index in [-0.39, 0.29) is 10.6 Å². The summed E-state index contributed by atoms with van der Waals surface area (Å²) in [7, 11) is 1.64. The number of nitro groups is 1. The number of hydrogen-bond acceptors (Lipinski definition) is 5. The van der Waals surface area contributed by atoms with Gasteiger partial charge >= 0.3 is 0 Å². The largest absolute Gasteiger partial charge is 0.493 e. The average Bonchev–Trinajstić information content (AvgIpc) is 2.78. The van der Waals surface area contributed by atoms with E-state index in [0.29, 0.717) is 31.1 Å². The maximum atomic E-state index is 10.9. The van der Waals surface area contributed by atoms with Crippen LogP contribution in [-0.4, -0.2) is 24.3 Å². The molecule has 0 fully saturated rings. The quantitative estimate of drug-likeness (QED) is 0.421. The summed E-state index contributed by atoms with van der Waals surface area (Å²) in [4.78, 5) is 15.2. The van der Waals surface area contributed by atoms with Gasteiger partial charge in [-0.25, -0.2) is 0 Å². The summed E-state index contributed by atoms with van der Waals surface area (Å²) in [5.41, 5.74) is 5.32. The number of nitro benzene ring substituents is 1. The zero-order chi connectivity index (χ0) is 20.9. The third kappa shape index (κ3) is 4.33. The monoisotopic (exact) mass is 402 g/mol. The zero-order valence-electron chi connectivity index (χ0n) is 16.7. The molecule has 30 heavy (non-hydrogen) atoms. The van der Waals surface area contributed by atoms with E-state index >= 15 is 0 Å². The number of ether oxygens (including phenoxy) is 2. The number of hydrogen-bond donors (Lipinski definition) is 0. The number of benzene rings is 3. The smallest absolute Gasteiger partial charge is 0.269 e. The van der Waals surface area contributed by atoms with Crippen LogP contribution in [0, 0.1) is 10.1 Å². The molecule has 0 unspecified atom stereocenters. The standard InChI is InChI=1S/C24H22N2O4/c1-29-23-14-19-11-12-25-22(13-17-7-9-20(10-8-17)26(27)28)21(19)15-24(23)30-16-18-5-3-2-4-6-18/h2-10,14-15H,11-13,16H2,1H3. The normalized spacial score (nSPS) is 12.6. The lowest BCUT2D eigenvalue weighted by Gasteiger charge is -2.20. The van der Waals surface area contributed by atoms with Crippen LogP contribution < -0.4 is 9.47 Å². The molecule has 0 saturated carbocycles. The molecular formula is C24H22N2O4. The minimum absolute atomic E-state index is 0.0890. The highest BCUT2D eigenvalue weighted by atomic mass is 16.6. The van der Waals surface area contributed by atoms with Crippen molar-refractivity contribution < 1.29 is 14.4 Å².